The van der Waals surface area contributed by atoms with Gasteiger partial charge in [-0.05, 0) is 19.1 Å². The number of benzene rings is 2. The maximum atomic E-state index is 12.9. The highest BCUT2D eigenvalue weighted by Crippen LogP contribution is 2.31. The summed E-state index contributed by atoms with van der Waals surface area (Å²) >= 11 is 1.25. The number of hydrogen-bond acceptors (Lipinski definition) is 8. The van der Waals surface area contributed by atoms with Crippen LogP contribution in [0.2, 0.25) is 0 Å². The van der Waals surface area contributed by atoms with E-state index in [1.165, 1.54) is 16.4 Å². The molecule has 3 heterocycles. The number of rotatable bonds is 5. The average molecular weight is 495 g/mol. The highest BCUT2D eigenvalue weighted by molar-refractivity contribution is 7.99. The number of nitrogen functional groups attached to an aromatic ring is 1. The van der Waals surface area contributed by atoms with E-state index in [-0.39, 0.29) is 24.2 Å². The lowest BCUT2D eigenvalue weighted by molar-refractivity contribution is -0.145. The predicted molar refractivity (Wildman–Crippen MR) is 131 cm³/mol. The molecule has 0 unspecified atom stereocenters. The van der Waals surface area contributed by atoms with Gasteiger partial charge in [-0.3, -0.25) is 9.59 Å². The van der Waals surface area contributed by atoms with Gasteiger partial charge in [-0.2, -0.15) is 0 Å². The number of ether oxygens (including phenoxy) is 2. The molecule has 0 radical (unpaired) electrons. The Labute approximate surface area is 207 Å². The zero-order chi connectivity index (χ0) is 24.4. The minimum atomic E-state index is -0.679. The highest BCUT2D eigenvalue weighted by atomic mass is 32.2. The topological polar surface area (TPSA) is 116 Å². The lowest BCUT2D eigenvalue weighted by atomic mass is 10.1. The molecule has 5 rings (SSSR count). The van der Waals surface area contributed by atoms with Gasteiger partial charge in [0.15, 0.2) is 17.3 Å². The summed E-state index contributed by atoms with van der Waals surface area (Å²) < 4.78 is 12.9. The fraction of sp³-hybridized carbons (Fsp3) is 0.333. The van der Waals surface area contributed by atoms with Crippen molar-refractivity contribution < 1.29 is 19.1 Å². The number of aryl methyl sites for hydroxylation is 1. The van der Waals surface area contributed by atoms with Crippen molar-refractivity contribution in [2.24, 2.45) is 0 Å². The van der Waals surface area contributed by atoms with Crippen LogP contribution < -0.4 is 15.3 Å². The molecule has 1 aromatic heterocycles. The van der Waals surface area contributed by atoms with Crippen LogP contribution in [-0.4, -0.2) is 81.1 Å². The van der Waals surface area contributed by atoms with Gasteiger partial charge in [-0.15, -0.1) is 10.2 Å². The van der Waals surface area contributed by atoms with Crippen molar-refractivity contribution in [2.75, 3.05) is 44.4 Å². The van der Waals surface area contributed by atoms with Gasteiger partial charge in [0, 0.05) is 31.7 Å². The van der Waals surface area contributed by atoms with Crippen LogP contribution in [0.15, 0.2) is 53.7 Å². The molecule has 0 spiro atoms. The number of hydrogen-bond donors (Lipinski definition) is 1. The van der Waals surface area contributed by atoms with E-state index in [1.54, 1.807) is 15.9 Å². The number of amides is 2. The number of nitrogens with zero attached hydrogens (tertiary/aromatic N) is 5. The molecule has 10 nitrogen and oxygen atoms in total. The molecule has 11 heteroatoms. The van der Waals surface area contributed by atoms with Gasteiger partial charge >= 0.3 is 0 Å². The smallest absolute Gasteiger partial charge is 0.267 e. The molecule has 1 atom stereocenters. The quantitative estimate of drug-likeness (QED) is 0.420. The van der Waals surface area contributed by atoms with E-state index in [4.69, 9.17) is 15.3 Å². The average Bonchev–Trinajstić information content (AvgIpc) is 3.27. The van der Waals surface area contributed by atoms with Crippen molar-refractivity contribution in [2.45, 2.75) is 18.2 Å². The van der Waals surface area contributed by atoms with E-state index in [2.05, 4.69) is 10.2 Å². The molecule has 2 aliphatic rings. The standard InChI is InChI=1S/C24H26N6O4S/c1-16-6-8-17(9-7-16)22-26-27-24(30(22)25)35-15-21(31)28-10-12-29(13-11-28)23(32)20-14-33-18-4-2-3-5-19(18)34-20/h2-9,20H,10-15,25H2,1H3/t20-/m0/s1. The van der Waals surface area contributed by atoms with Crippen molar-refractivity contribution in [1.82, 2.24) is 24.7 Å². The van der Waals surface area contributed by atoms with Crippen LogP contribution in [0.5, 0.6) is 11.5 Å². The summed E-state index contributed by atoms with van der Waals surface area (Å²) in [5, 5.41) is 8.78. The number of fused-ring (bicyclic) bond motifs is 1. The highest BCUT2D eigenvalue weighted by Gasteiger charge is 2.33. The molecule has 2 aromatic carbocycles. The van der Waals surface area contributed by atoms with Crippen LogP contribution >= 0.6 is 11.8 Å². The minimum Gasteiger partial charge on any atom is -0.485 e. The second kappa shape index (κ2) is 9.87. The van der Waals surface area contributed by atoms with Crippen LogP contribution in [0.25, 0.3) is 11.4 Å². The maximum absolute atomic E-state index is 12.9. The first kappa shape index (κ1) is 23.0. The fourth-order valence-electron chi connectivity index (χ4n) is 4.01. The van der Waals surface area contributed by atoms with Gasteiger partial charge in [-0.25, -0.2) is 4.68 Å². The zero-order valence-corrected chi connectivity index (χ0v) is 20.1. The molecule has 0 bridgehead atoms. The third-order valence-corrected chi connectivity index (χ3v) is 6.95. The van der Waals surface area contributed by atoms with Crippen molar-refractivity contribution >= 4 is 23.6 Å². The number of thioether (sulfide) groups is 1. The number of aromatic nitrogens is 3. The summed E-state index contributed by atoms with van der Waals surface area (Å²) in [5.41, 5.74) is 2.00. The lowest BCUT2D eigenvalue weighted by Crippen LogP contribution is -2.55. The predicted octanol–water partition coefficient (Wildman–Crippen LogP) is 1.57. The van der Waals surface area contributed by atoms with Crippen LogP contribution in [-0.2, 0) is 9.59 Å². The molecule has 2 N–H and O–H groups in total. The van der Waals surface area contributed by atoms with Crippen LogP contribution in [0.4, 0.5) is 0 Å². The van der Waals surface area contributed by atoms with Gasteiger partial charge in [0.05, 0.1) is 5.75 Å². The van der Waals surface area contributed by atoms with E-state index < -0.39 is 6.10 Å². The molecule has 2 aliphatic heterocycles. The van der Waals surface area contributed by atoms with Gasteiger partial charge in [-0.1, -0.05) is 53.7 Å². The Kier molecular flexibility index (Phi) is 6.49. The van der Waals surface area contributed by atoms with Crippen LogP contribution in [0.3, 0.4) is 0 Å². The van der Waals surface area contributed by atoms with Crippen molar-refractivity contribution in [1.29, 1.82) is 0 Å². The van der Waals surface area contributed by atoms with Crippen LogP contribution in [0.1, 0.15) is 5.56 Å². The van der Waals surface area contributed by atoms with Crippen LogP contribution in [0, 0.1) is 6.92 Å². The third kappa shape index (κ3) is 4.90. The molecule has 0 saturated carbocycles. The van der Waals surface area contributed by atoms with Gasteiger partial charge < -0.3 is 25.1 Å². The SMILES string of the molecule is Cc1ccc(-c2nnc(SCC(=O)N3CCN(C(=O)[C@@H]4COc5ccccc5O4)CC3)n2N)cc1. The Morgan fingerprint density at radius 1 is 1.00 bits per heavy atom. The Bertz CT molecular complexity index is 1220. The molecular weight excluding hydrogens is 468 g/mol. The second-order valence-corrected chi connectivity index (χ2v) is 9.34. The van der Waals surface area contributed by atoms with Gasteiger partial charge in [0.2, 0.25) is 17.2 Å². The van der Waals surface area contributed by atoms with E-state index in [1.807, 2.05) is 49.4 Å². The summed E-state index contributed by atoms with van der Waals surface area (Å²) in [5.74, 6) is 7.96. The van der Waals surface area contributed by atoms with Crippen molar-refractivity contribution in [3.63, 3.8) is 0 Å². The number of carbonyl (C=O) groups excluding carboxylic acids is 2. The first-order valence-electron chi connectivity index (χ1n) is 11.3. The summed E-state index contributed by atoms with van der Waals surface area (Å²) in [6.07, 6.45) is -0.679. The molecule has 182 valence electrons. The minimum absolute atomic E-state index is 0.0341. The zero-order valence-electron chi connectivity index (χ0n) is 19.3. The Balaban J connectivity index is 1.11. The molecule has 35 heavy (non-hydrogen) atoms. The van der Waals surface area contributed by atoms with Crippen molar-refractivity contribution in [3.05, 3.63) is 54.1 Å². The molecule has 2 amide bonds. The van der Waals surface area contributed by atoms with Crippen molar-refractivity contribution in [3.8, 4) is 22.9 Å². The lowest BCUT2D eigenvalue weighted by Gasteiger charge is -2.37. The molecular formula is C24H26N6O4S. The molecule has 0 aliphatic carbocycles. The summed E-state index contributed by atoms with van der Waals surface area (Å²) in [6.45, 7) is 3.99. The van der Waals surface area contributed by atoms with E-state index in [0.717, 1.165) is 11.1 Å². The Morgan fingerprint density at radius 3 is 2.43 bits per heavy atom. The van der Waals surface area contributed by atoms with E-state index in [9.17, 15) is 9.59 Å². The third-order valence-electron chi connectivity index (χ3n) is 6.03. The first-order valence-corrected chi connectivity index (χ1v) is 12.3. The Morgan fingerprint density at radius 2 is 1.69 bits per heavy atom. The maximum Gasteiger partial charge on any atom is 0.267 e. The summed E-state index contributed by atoms with van der Waals surface area (Å²) in [6, 6.07) is 15.1. The van der Waals surface area contributed by atoms with Gasteiger partial charge in [0.1, 0.15) is 6.61 Å². The summed E-state index contributed by atoms with van der Waals surface area (Å²) in [7, 11) is 0. The Hall–Kier alpha value is -3.73. The largest absolute Gasteiger partial charge is 0.485 e. The molecule has 1 saturated heterocycles. The van der Waals surface area contributed by atoms with E-state index in [0.29, 0.717) is 48.7 Å². The first-order chi connectivity index (χ1) is 17.0. The number of carbonyl (C=O) groups is 2. The van der Waals surface area contributed by atoms with E-state index >= 15 is 0 Å². The number of para-hydroxylation sites is 2. The monoisotopic (exact) mass is 494 g/mol. The number of nitrogens with two attached hydrogens (primary N) is 1. The van der Waals surface area contributed by atoms with Gasteiger partial charge in [0.25, 0.3) is 5.91 Å². The normalized spacial score (nSPS) is 17.3. The second-order valence-electron chi connectivity index (χ2n) is 8.40. The summed E-state index contributed by atoms with van der Waals surface area (Å²) in [4.78, 5) is 29.2. The molecule has 1 fully saturated rings. The fourth-order valence-corrected chi connectivity index (χ4v) is 4.77. The number of piperazine rings is 1. The molecule has 3 aromatic rings.